The Morgan fingerprint density at radius 3 is 2.31 bits per heavy atom. The minimum absolute atomic E-state index is 0.0144. The second kappa shape index (κ2) is 10.5. The second-order valence-electron chi connectivity index (χ2n) is 6.80. The van der Waals surface area contributed by atoms with E-state index in [0.717, 1.165) is 9.87 Å². The van der Waals surface area contributed by atoms with E-state index in [1.807, 2.05) is 6.07 Å². The molecule has 0 saturated heterocycles. The first kappa shape index (κ1) is 23.6. The van der Waals surface area contributed by atoms with Gasteiger partial charge in [-0.1, -0.05) is 54.1 Å². The molecule has 0 unspecified atom stereocenters. The van der Waals surface area contributed by atoms with Crippen LogP contribution in [-0.2, 0) is 21.4 Å². The molecule has 0 heterocycles. The highest BCUT2D eigenvalue weighted by atomic mass is 35.5. The number of anilines is 1. The van der Waals surface area contributed by atoms with Crippen LogP contribution in [0.5, 0.6) is 11.5 Å². The number of carbonyl (C=O) groups is 1. The third-order valence-corrected chi connectivity index (χ3v) is 6.80. The topological polar surface area (TPSA) is 84.9 Å². The molecule has 3 rings (SSSR count). The van der Waals surface area contributed by atoms with Crippen molar-refractivity contribution < 1.29 is 22.7 Å². The molecule has 32 heavy (non-hydrogen) atoms. The van der Waals surface area contributed by atoms with E-state index < -0.39 is 22.5 Å². The Kier molecular flexibility index (Phi) is 7.74. The first-order chi connectivity index (χ1) is 15.3. The summed E-state index contributed by atoms with van der Waals surface area (Å²) in [5, 5.41) is 3.02. The third kappa shape index (κ3) is 5.59. The lowest BCUT2D eigenvalue weighted by Crippen LogP contribution is -2.37. The number of nitrogens with one attached hydrogen (secondary N) is 1. The number of ether oxygens (including phenoxy) is 2. The first-order valence-corrected chi connectivity index (χ1v) is 11.5. The molecule has 0 saturated carbocycles. The van der Waals surface area contributed by atoms with E-state index in [9.17, 15) is 13.2 Å². The number of rotatable bonds is 9. The number of halogens is 1. The van der Waals surface area contributed by atoms with Crippen molar-refractivity contribution in [2.24, 2.45) is 0 Å². The maximum absolute atomic E-state index is 13.6. The van der Waals surface area contributed by atoms with Crippen molar-refractivity contribution in [1.82, 2.24) is 4.31 Å². The summed E-state index contributed by atoms with van der Waals surface area (Å²) in [5.41, 5.74) is 1.12. The van der Waals surface area contributed by atoms with Crippen molar-refractivity contribution in [1.29, 1.82) is 0 Å². The average molecular weight is 475 g/mol. The highest BCUT2D eigenvalue weighted by Crippen LogP contribution is 2.31. The number of para-hydroxylation sites is 1. The van der Waals surface area contributed by atoms with Crippen LogP contribution in [0.15, 0.2) is 77.7 Å². The zero-order valence-electron chi connectivity index (χ0n) is 17.6. The van der Waals surface area contributed by atoms with Gasteiger partial charge in [0.05, 0.1) is 31.5 Å². The van der Waals surface area contributed by atoms with Crippen LogP contribution in [0.1, 0.15) is 5.56 Å². The van der Waals surface area contributed by atoms with Crippen LogP contribution in [0.25, 0.3) is 0 Å². The summed E-state index contributed by atoms with van der Waals surface area (Å²) in [5.74, 6) is -0.0283. The summed E-state index contributed by atoms with van der Waals surface area (Å²) in [6.07, 6.45) is 0. The van der Waals surface area contributed by atoms with Gasteiger partial charge in [-0.15, -0.1) is 0 Å². The smallest absolute Gasteiger partial charge is 0.247 e. The predicted octanol–water partition coefficient (Wildman–Crippen LogP) is 4.19. The number of benzene rings is 3. The molecule has 0 bridgehead atoms. The normalized spacial score (nSPS) is 11.2. The van der Waals surface area contributed by atoms with Gasteiger partial charge in [-0.25, -0.2) is 8.42 Å². The quantitative estimate of drug-likeness (QED) is 0.502. The Hall–Kier alpha value is -3.07. The van der Waals surface area contributed by atoms with Crippen molar-refractivity contribution in [3.63, 3.8) is 0 Å². The van der Waals surface area contributed by atoms with Crippen LogP contribution in [0.3, 0.4) is 0 Å². The van der Waals surface area contributed by atoms with Gasteiger partial charge in [-0.2, -0.15) is 4.31 Å². The lowest BCUT2D eigenvalue weighted by Gasteiger charge is -2.23. The maximum Gasteiger partial charge on any atom is 0.247 e. The molecule has 3 aromatic rings. The molecule has 3 aromatic carbocycles. The van der Waals surface area contributed by atoms with Crippen LogP contribution in [0, 0.1) is 0 Å². The molecule has 0 aliphatic carbocycles. The van der Waals surface area contributed by atoms with E-state index >= 15 is 0 Å². The number of amides is 1. The van der Waals surface area contributed by atoms with Crippen molar-refractivity contribution in [2.45, 2.75) is 11.4 Å². The molecule has 7 nitrogen and oxygen atoms in total. The van der Waals surface area contributed by atoms with Crippen LogP contribution in [0.2, 0.25) is 5.02 Å². The zero-order valence-corrected chi connectivity index (χ0v) is 19.2. The summed E-state index contributed by atoms with van der Waals surface area (Å²) in [6, 6.07) is 20.2. The number of methoxy groups -OCH3 is 2. The Morgan fingerprint density at radius 1 is 0.969 bits per heavy atom. The zero-order chi connectivity index (χ0) is 23.1. The molecule has 168 valence electrons. The SMILES string of the molecule is COc1ccc(OC)c(S(=O)(=O)N(CC(=O)Nc2ccccc2Cl)Cc2ccccc2)c1. The molecule has 0 aliphatic heterocycles. The predicted molar refractivity (Wildman–Crippen MR) is 124 cm³/mol. The Bertz CT molecular complexity index is 1190. The van der Waals surface area contributed by atoms with E-state index in [2.05, 4.69) is 5.32 Å². The molecule has 1 N–H and O–H groups in total. The Morgan fingerprint density at radius 2 is 1.66 bits per heavy atom. The molecular weight excluding hydrogens is 452 g/mol. The summed E-state index contributed by atoms with van der Waals surface area (Å²) < 4.78 is 38.8. The van der Waals surface area contributed by atoms with Gasteiger partial charge >= 0.3 is 0 Å². The Balaban J connectivity index is 1.97. The van der Waals surface area contributed by atoms with Gasteiger partial charge in [-0.05, 0) is 29.8 Å². The van der Waals surface area contributed by atoms with Gasteiger partial charge in [0.15, 0.2) is 0 Å². The van der Waals surface area contributed by atoms with Gasteiger partial charge in [0, 0.05) is 12.6 Å². The molecule has 0 radical (unpaired) electrons. The average Bonchev–Trinajstić information content (AvgIpc) is 2.80. The van der Waals surface area contributed by atoms with E-state index in [4.69, 9.17) is 21.1 Å². The minimum Gasteiger partial charge on any atom is -0.497 e. The highest BCUT2D eigenvalue weighted by molar-refractivity contribution is 7.89. The van der Waals surface area contributed by atoms with Gasteiger partial charge in [-0.3, -0.25) is 4.79 Å². The fourth-order valence-electron chi connectivity index (χ4n) is 3.05. The van der Waals surface area contributed by atoms with Crippen molar-refractivity contribution in [3.05, 3.63) is 83.4 Å². The van der Waals surface area contributed by atoms with Crippen molar-refractivity contribution in [3.8, 4) is 11.5 Å². The fraction of sp³-hybridized carbons (Fsp3) is 0.174. The monoisotopic (exact) mass is 474 g/mol. The lowest BCUT2D eigenvalue weighted by atomic mass is 10.2. The summed E-state index contributed by atoms with van der Waals surface area (Å²) in [7, 11) is -1.31. The fourth-order valence-corrected chi connectivity index (χ4v) is 4.79. The minimum atomic E-state index is -4.14. The molecular formula is C23H23ClN2O5S. The van der Waals surface area contributed by atoms with Crippen LogP contribution in [0.4, 0.5) is 5.69 Å². The first-order valence-electron chi connectivity index (χ1n) is 9.65. The van der Waals surface area contributed by atoms with Crippen molar-refractivity contribution >= 4 is 33.2 Å². The third-order valence-electron chi connectivity index (χ3n) is 4.66. The van der Waals surface area contributed by atoms with Gasteiger partial charge in [0.25, 0.3) is 0 Å². The molecule has 9 heteroatoms. The largest absolute Gasteiger partial charge is 0.497 e. The van der Waals surface area contributed by atoms with Gasteiger partial charge < -0.3 is 14.8 Å². The Labute approximate surface area is 192 Å². The van der Waals surface area contributed by atoms with Crippen LogP contribution in [-0.4, -0.2) is 39.4 Å². The van der Waals surface area contributed by atoms with Gasteiger partial charge in [0.1, 0.15) is 16.4 Å². The molecule has 1 amide bonds. The summed E-state index contributed by atoms with van der Waals surface area (Å²) >= 11 is 6.12. The number of hydrogen-bond acceptors (Lipinski definition) is 5. The van der Waals surface area contributed by atoms with E-state index in [1.165, 1.54) is 26.4 Å². The number of nitrogens with zero attached hydrogens (tertiary/aromatic N) is 1. The lowest BCUT2D eigenvalue weighted by molar-refractivity contribution is -0.116. The van der Waals surface area contributed by atoms with Crippen LogP contribution < -0.4 is 14.8 Å². The molecule has 0 atom stereocenters. The number of hydrogen-bond donors (Lipinski definition) is 1. The second-order valence-corrected chi connectivity index (χ2v) is 9.12. The number of sulfonamides is 1. The van der Waals surface area contributed by atoms with E-state index in [1.54, 1.807) is 54.6 Å². The molecule has 0 fully saturated rings. The molecule has 0 aromatic heterocycles. The highest BCUT2D eigenvalue weighted by Gasteiger charge is 2.30. The maximum atomic E-state index is 13.6. The molecule has 0 aliphatic rings. The summed E-state index contributed by atoms with van der Waals surface area (Å²) in [6.45, 7) is -0.442. The standard InChI is InChI=1S/C23H23ClN2O5S/c1-30-18-12-13-21(31-2)22(14-18)32(28,29)26(15-17-8-4-3-5-9-17)16-23(27)25-20-11-7-6-10-19(20)24/h3-14H,15-16H2,1-2H3,(H,25,27). The van der Waals surface area contributed by atoms with Crippen LogP contribution >= 0.6 is 11.6 Å². The molecule has 0 spiro atoms. The van der Waals surface area contributed by atoms with E-state index in [0.29, 0.717) is 16.5 Å². The van der Waals surface area contributed by atoms with Gasteiger partial charge in [0.2, 0.25) is 15.9 Å². The number of carbonyl (C=O) groups excluding carboxylic acids is 1. The summed E-state index contributed by atoms with van der Waals surface area (Å²) in [4.78, 5) is 12.7. The van der Waals surface area contributed by atoms with Crippen molar-refractivity contribution in [2.75, 3.05) is 26.1 Å². The van der Waals surface area contributed by atoms with E-state index in [-0.39, 0.29) is 17.2 Å².